The van der Waals surface area contributed by atoms with Gasteiger partial charge in [-0.15, -0.1) is 11.3 Å². The third-order valence-corrected chi connectivity index (χ3v) is 5.26. The zero-order valence-corrected chi connectivity index (χ0v) is 17.3. The minimum absolute atomic E-state index is 0.311. The van der Waals surface area contributed by atoms with E-state index < -0.39 is 5.97 Å². The highest BCUT2D eigenvalue weighted by molar-refractivity contribution is 7.15. The molecule has 29 heavy (non-hydrogen) atoms. The first-order valence-electron chi connectivity index (χ1n) is 8.60. The molecule has 0 unspecified atom stereocenters. The molecule has 3 rings (SSSR count). The number of thiophene rings is 1. The molecule has 0 bridgehead atoms. The number of halogens is 1. The second-order valence-corrected chi connectivity index (χ2v) is 7.26. The van der Waals surface area contributed by atoms with Crippen molar-refractivity contribution >= 4 is 45.9 Å². The Kier molecular flexibility index (Phi) is 6.69. The number of rotatable bonds is 6. The lowest BCUT2D eigenvalue weighted by Gasteiger charge is -2.07. The number of benzene rings is 2. The monoisotopic (exact) mass is 427 g/mol. The topological polar surface area (TPSA) is 64.6 Å². The summed E-state index contributed by atoms with van der Waals surface area (Å²) in [5.74, 6) is -0.135. The van der Waals surface area contributed by atoms with Crippen LogP contribution in [0.25, 0.3) is 17.2 Å². The fourth-order valence-electron chi connectivity index (χ4n) is 2.64. The maximum atomic E-state index is 12.4. The summed E-state index contributed by atoms with van der Waals surface area (Å²) in [4.78, 5) is 24.7. The molecule has 0 radical (unpaired) electrons. The first-order chi connectivity index (χ1) is 14.0. The van der Waals surface area contributed by atoms with Gasteiger partial charge < -0.3 is 14.8 Å². The lowest BCUT2D eigenvalue weighted by atomic mass is 10.0. The van der Waals surface area contributed by atoms with Crippen LogP contribution in [0.4, 0.5) is 5.00 Å². The van der Waals surface area contributed by atoms with Crippen LogP contribution in [-0.2, 0) is 9.53 Å². The summed E-state index contributed by atoms with van der Waals surface area (Å²) in [6.45, 7) is 0. The molecule has 0 saturated heterocycles. The van der Waals surface area contributed by atoms with Crippen molar-refractivity contribution in [3.8, 4) is 16.9 Å². The van der Waals surface area contributed by atoms with Crippen LogP contribution in [-0.4, -0.2) is 26.1 Å². The smallest absolute Gasteiger partial charge is 0.341 e. The molecular weight excluding hydrogens is 410 g/mol. The summed E-state index contributed by atoms with van der Waals surface area (Å²) in [5.41, 5.74) is 2.64. The molecule has 0 aliphatic rings. The van der Waals surface area contributed by atoms with Gasteiger partial charge >= 0.3 is 5.97 Å². The quantitative estimate of drug-likeness (QED) is 0.415. The van der Waals surface area contributed by atoms with Crippen LogP contribution < -0.4 is 10.1 Å². The second-order valence-electron chi connectivity index (χ2n) is 5.95. The highest BCUT2D eigenvalue weighted by Gasteiger charge is 2.21. The van der Waals surface area contributed by atoms with Crippen molar-refractivity contribution in [2.24, 2.45) is 0 Å². The zero-order valence-electron chi connectivity index (χ0n) is 15.8. The highest BCUT2D eigenvalue weighted by Crippen LogP contribution is 2.36. The van der Waals surface area contributed by atoms with Gasteiger partial charge in [-0.1, -0.05) is 35.9 Å². The van der Waals surface area contributed by atoms with E-state index in [1.165, 1.54) is 24.5 Å². The van der Waals surface area contributed by atoms with Crippen LogP contribution in [0.15, 0.2) is 60.0 Å². The van der Waals surface area contributed by atoms with Crippen LogP contribution in [0.5, 0.6) is 5.75 Å². The van der Waals surface area contributed by atoms with Gasteiger partial charge in [0.25, 0.3) is 0 Å². The number of hydrogen-bond acceptors (Lipinski definition) is 5. The normalized spacial score (nSPS) is 10.7. The van der Waals surface area contributed by atoms with E-state index in [4.69, 9.17) is 21.1 Å². The number of amides is 1. The van der Waals surface area contributed by atoms with Crippen molar-refractivity contribution in [2.45, 2.75) is 0 Å². The maximum Gasteiger partial charge on any atom is 0.341 e. The number of nitrogens with one attached hydrogen (secondary N) is 1. The van der Waals surface area contributed by atoms with E-state index >= 15 is 0 Å². The number of carbonyl (C=O) groups is 2. The fourth-order valence-corrected chi connectivity index (χ4v) is 3.72. The molecule has 5 nitrogen and oxygen atoms in total. The van der Waals surface area contributed by atoms with Crippen molar-refractivity contribution in [2.75, 3.05) is 19.5 Å². The van der Waals surface area contributed by atoms with Crippen LogP contribution in [0.1, 0.15) is 15.9 Å². The lowest BCUT2D eigenvalue weighted by Crippen LogP contribution is -2.11. The first-order valence-corrected chi connectivity index (χ1v) is 9.86. The van der Waals surface area contributed by atoms with Crippen molar-refractivity contribution in [1.82, 2.24) is 0 Å². The molecule has 0 atom stereocenters. The summed E-state index contributed by atoms with van der Waals surface area (Å²) in [7, 11) is 2.90. The molecule has 1 heterocycles. The first kappa shape index (κ1) is 20.6. The van der Waals surface area contributed by atoms with Gasteiger partial charge in [0.1, 0.15) is 16.3 Å². The van der Waals surface area contributed by atoms with Crippen LogP contribution >= 0.6 is 22.9 Å². The average molecular weight is 428 g/mol. The molecule has 0 saturated carbocycles. The number of esters is 1. The summed E-state index contributed by atoms with van der Waals surface area (Å²) < 4.78 is 10.0. The Bertz CT molecular complexity index is 1040. The third-order valence-electron chi connectivity index (χ3n) is 4.12. The minimum atomic E-state index is -0.523. The van der Waals surface area contributed by atoms with E-state index in [2.05, 4.69) is 5.32 Å². The Morgan fingerprint density at radius 3 is 2.34 bits per heavy atom. The number of hydrogen-bond donors (Lipinski definition) is 1. The summed E-state index contributed by atoms with van der Waals surface area (Å²) >= 11 is 7.20. The zero-order chi connectivity index (χ0) is 20.8. The van der Waals surface area contributed by atoms with Gasteiger partial charge in [-0.05, 0) is 41.5 Å². The molecule has 148 valence electrons. The maximum absolute atomic E-state index is 12.4. The predicted octanol–water partition coefficient (Wildman–Crippen LogP) is 5.52. The minimum Gasteiger partial charge on any atom is -0.497 e. The van der Waals surface area contributed by atoms with Crippen LogP contribution in [0.3, 0.4) is 0 Å². The van der Waals surface area contributed by atoms with Crippen LogP contribution in [0, 0.1) is 0 Å². The van der Waals surface area contributed by atoms with E-state index in [1.54, 1.807) is 30.7 Å². The molecule has 3 aromatic rings. The second kappa shape index (κ2) is 9.41. The largest absolute Gasteiger partial charge is 0.497 e. The standard InChI is InChI=1S/C22H18ClNO4S/c1-27-17-10-3-14(4-11-17)5-12-19(25)24-21-20(22(26)28-2)18(13-29-21)15-6-8-16(23)9-7-15/h3-13H,1-2H3,(H,24,25). The van der Waals surface area contributed by atoms with Gasteiger partial charge in [0.05, 0.1) is 14.2 Å². The molecular formula is C22H18ClNO4S. The number of carbonyl (C=O) groups excluding carboxylic acids is 2. The molecule has 0 aliphatic carbocycles. The molecule has 0 fully saturated rings. The Hall–Kier alpha value is -3.09. The van der Waals surface area contributed by atoms with E-state index in [0.29, 0.717) is 21.2 Å². The Labute approximate surface area is 177 Å². The van der Waals surface area contributed by atoms with Gasteiger partial charge in [0.2, 0.25) is 5.91 Å². The molecule has 7 heteroatoms. The molecule has 0 spiro atoms. The predicted molar refractivity (Wildman–Crippen MR) is 117 cm³/mol. The molecule has 1 aromatic heterocycles. The van der Waals surface area contributed by atoms with Gasteiger partial charge in [-0.2, -0.15) is 0 Å². The summed E-state index contributed by atoms with van der Waals surface area (Å²) in [6.07, 6.45) is 3.09. The van der Waals surface area contributed by atoms with Crippen molar-refractivity contribution in [3.05, 3.63) is 76.1 Å². The van der Waals surface area contributed by atoms with Gasteiger partial charge in [0.15, 0.2) is 0 Å². The summed E-state index contributed by atoms with van der Waals surface area (Å²) in [6, 6.07) is 14.4. The van der Waals surface area contributed by atoms with E-state index in [9.17, 15) is 9.59 Å². The lowest BCUT2D eigenvalue weighted by molar-refractivity contribution is -0.111. The molecule has 0 aliphatic heterocycles. The van der Waals surface area contributed by atoms with Gasteiger partial charge in [0, 0.05) is 22.0 Å². The van der Waals surface area contributed by atoms with Crippen molar-refractivity contribution in [1.29, 1.82) is 0 Å². The molecule has 2 aromatic carbocycles. The van der Waals surface area contributed by atoms with Crippen molar-refractivity contribution < 1.29 is 19.1 Å². The third kappa shape index (κ3) is 5.04. The van der Waals surface area contributed by atoms with Crippen LogP contribution in [0.2, 0.25) is 5.02 Å². The van der Waals surface area contributed by atoms with Crippen molar-refractivity contribution in [3.63, 3.8) is 0 Å². The van der Waals surface area contributed by atoms with Gasteiger partial charge in [-0.25, -0.2) is 4.79 Å². The Morgan fingerprint density at radius 2 is 1.72 bits per heavy atom. The Morgan fingerprint density at radius 1 is 1.03 bits per heavy atom. The highest BCUT2D eigenvalue weighted by atomic mass is 35.5. The van der Waals surface area contributed by atoms with Gasteiger partial charge in [-0.3, -0.25) is 4.79 Å². The van der Waals surface area contributed by atoms with E-state index in [0.717, 1.165) is 16.9 Å². The summed E-state index contributed by atoms with van der Waals surface area (Å²) in [5, 5.41) is 5.59. The van der Waals surface area contributed by atoms with E-state index in [-0.39, 0.29) is 5.91 Å². The Balaban J connectivity index is 1.82. The molecule has 1 amide bonds. The number of methoxy groups -OCH3 is 2. The number of ether oxygens (including phenoxy) is 2. The molecule has 1 N–H and O–H groups in total. The fraction of sp³-hybridized carbons (Fsp3) is 0.0909. The SMILES string of the molecule is COC(=O)c1c(-c2ccc(Cl)cc2)csc1NC(=O)C=Cc1ccc(OC)cc1. The number of anilines is 1. The van der Waals surface area contributed by atoms with E-state index in [1.807, 2.05) is 36.4 Å². The average Bonchev–Trinajstić information content (AvgIpc) is 3.16.